The summed E-state index contributed by atoms with van der Waals surface area (Å²) in [5, 5.41) is 13.5. The van der Waals surface area contributed by atoms with Crippen molar-refractivity contribution in [3.8, 4) is 22.5 Å². The molecule has 1 aliphatic heterocycles. The Morgan fingerprint density at radius 2 is 1.68 bits per heavy atom. The van der Waals surface area contributed by atoms with Crippen LogP contribution in [-0.2, 0) is 13.0 Å². The van der Waals surface area contributed by atoms with Crippen molar-refractivity contribution in [1.82, 2.24) is 14.8 Å². The average Bonchev–Trinajstić information content (AvgIpc) is 3.59. The Morgan fingerprint density at radius 3 is 2.42 bits per heavy atom. The molecule has 1 N–H and O–H groups in total. The van der Waals surface area contributed by atoms with Crippen molar-refractivity contribution in [2.75, 3.05) is 26.2 Å². The van der Waals surface area contributed by atoms with Crippen molar-refractivity contribution >= 4 is 23.2 Å². The Kier molecular flexibility index (Phi) is 6.70. The number of fused-ring (bicyclic) bond motifs is 1. The van der Waals surface area contributed by atoms with E-state index in [1.165, 1.54) is 5.56 Å². The average molecular weight is 527 g/mol. The number of furan rings is 1. The van der Waals surface area contributed by atoms with Gasteiger partial charge in [0.25, 0.3) is 5.91 Å². The largest absolute Gasteiger partial charge is 0.450 e. The molecule has 192 valence electrons. The second kappa shape index (κ2) is 10.4. The fraction of sp³-hybridized carbons (Fsp3) is 0.233. The lowest BCUT2D eigenvalue weighted by molar-refractivity contribution is 0.0598. The quantitative estimate of drug-likeness (QED) is 0.265. The maximum absolute atomic E-state index is 13.5. The lowest BCUT2D eigenvalue weighted by Crippen LogP contribution is -2.48. The minimum Gasteiger partial charge on any atom is -0.450 e. The Balaban J connectivity index is 1.24. The fourth-order valence-electron chi connectivity index (χ4n) is 5.28. The molecule has 1 saturated heterocycles. The molecular formula is C30H27ClN4O3. The molecule has 7 nitrogen and oxygen atoms in total. The van der Waals surface area contributed by atoms with E-state index in [-0.39, 0.29) is 5.91 Å². The number of carbonyl (C=O) groups is 1. The van der Waals surface area contributed by atoms with Crippen LogP contribution in [0.25, 0.3) is 22.5 Å². The summed E-state index contributed by atoms with van der Waals surface area (Å²) in [5.41, 5.74) is 6.65. The van der Waals surface area contributed by atoms with Gasteiger partial charge in [-0.15, -0.1) is 0 Å². The van der Waals surface area contributed by atoms with E-state index < -0.39 is 0 Å². The topological polar surface area (TPSA) is 82.2 Å². The molecule has 8 heteroatoms. The predicted molar refractivity (Wildman–Crippen MR) is 147 cm³/mol. The highest BCUT2D eigenvalue weighted by molar-refractivity contribution is 6.30. The van der Waals surface area contributed by atoms with Gasteiger partial charge in [-0.1, -0.05) is 41.0 Å². The minimum atomic E-state index is -0.103. The lowest BCUT2D eigenvalue weighted by atomic mass is 9.99. The summed E-state index contributed by atoms with van der Waals surface area (Å²) in [6.45, 7) is 3.68. The number of piperazine rings is 1. The van der Waals surface area contributed by atoms with Gasteiger partial charge in [0.15, 0.2) is 5.76 Å². The van der Waals surface area contributed by atoms with Crippen molar-refractivity contribution < 1.29 is 14.4 Å². The molecule has 0 radical (unpaired) electrons. The van der Waals surface area contributed by atoms with Crippen LogP contribution in [0.4, 0.5) is 0 Å². The normalized spacial score (nSPS) is 16.7. The zero-order valence-electron chi connectivity index (χ0n) is 20.8. The number of rotatable bonds is 5. The number of carbonyl (C=O) groups excluding carboxylic acids is 1. The molecule has 6 rings (SSSR count). The molecule has 0 unspecified atom stereocenters. The first-order valence-electron chi connectivity index (χ1n) is 12.7. The molecule has 1 amide bonds. The molecule has 1 aliphatic carbocycles. The molecule has 0 bridgehead atoms. The van der Waals surface area contributed by atoms with Crippen LogP contribution >= 0.6 is 11.6 Å². The highest BCUT2D eigenvalue weighted by Crippen LogP contribution is 2.37. The molecule has 2 aromatic heterocycles. The first-order chi connectivity index (χ1) is 18.6. The zero-order chi connectivity index (χ0) is 26.1. The lowest BCUT2D eigenvalue weighted by Gasteiger charge is -2.34. The molecule has 4 aromatic rings. The smallest absolute Gasteiger partial charge is 0.289 e. The molecule has 0 spiro atoms. The van der Waals surface area contributed by atoms with E-state index in [0.29, 0.717) is 36.7 Å². The van der Waals surface area contributed by atoms with Gasteiger partial charge in [-0.3, -0.25) is 14.7 Å². The summed E-state index contributed by atoms with van der Waals surface area (Å²) < 4.78 is 6.30. The van der Waals surface area contributed by atoms with Gasteiger partial charge < -0.3 is 14.5 Å². The highest BCUT2D eigenvalue weighted by Gasteiger charge is 2.27. The van der Waals surface area contributed by atoms with Crippen molar-refractivity contribution in [3.05, 3.63) is 101 Å². The van der Waals surface area contributed by atoms with Gasteiger partial charge in [-0.05, 0) is 65.9 Å². The number of hydrogen-bond donors (Lipinski definition) is 1. The van der Waals surface area contributed by atoms with E-state index in [1.54, 1.807) is 12.4 Å². The Bertz CT molecular complexity index is 1490. The second-order valence-electron chi connectivity index (χ2n) is 9.70. The minimum absolute atomic E-state index is 0.103. The molecule has 1 fully saturated rings. The summed E-state index contributed by atoms with van der Waals surface area (Å²) in [7, 11) is 0. The molecule has 2 aliphatic rings. The van der Waals surface area contributed by atoms with Crippen LogP contribution in [0.2, 0.25) is 5.02 Å². The number of aromatic nitrogens is 1. The first kappa shape index (κ1) is 24.4. The number of nitrogens with zero attached hydrogens (tertiary/aromatic N) is 4. The standard InChI is InChI=1S/C30H27ClN4O3/c31-24-5-1-20(2-6-24)19-34-13-15-35(16-14-34)30(36)28-18-26(21-9-11-32-12-10-21)29(38-28)23-3-7-25-22(17-23)4-8-27(25)33-37/h1-3,5-7,9-12,17-18,37H,4,8,13-16,19H2. The van der Waals surface area contributed by atoms with Crippen LogP contribution in [0.1, 0.15) is 33.7 Å². The van der Waals surface area contributed by atoms with E-state index in [4.69, 9.17) is 16.0 Å². The monoisotopic (exact) mass is 526 g/mol. The van der Waals surface area contributed by atoms with Crippen molar-refractivity contribution in [2.24, 2.45) is 5.16 Å². The summed E-state index contributed by atoms with van der Waals surface area (Å²) >= 11 is 6.01. The third-order valence-corrected chi connectivity index (χ3v) is 7.60. The summed E-state index contributed by atoms with van der Waals surface area (Å²) in [5.74, 6) is 0.878. The van der Waals surface area contributed by atoms with E-state index in [2.05, 4.69) is 21.1 Å². The van der Waals surface area contributed by atoms with Crippen LogP contribution in [0, 0.1) is 0 Å². The van der Waals surface area contributed by atoms with E-state index >= 15 is 0 Å². The summed E-state index contributed by atoms with van der Waals surface area (Å²) in [4.78, 5) is 21.9. The first-order valence-corrected chi connectivity index (χ1v) is 13.1. The van der Waals surface area contributed by atoms with Crippen LogP contribution < -0.4 is 0 Å². The van der Waals surface area contributed by atoms with Gasteiger partial charge in [-0.25, -0.2) is 0 Å². The van der Waals surface area contributed by atoms with Crippen molar-refractivity contribution in [1.29, 1.82) is 0 Å². The number of oxime groups is 1. The van der Waals surface area contributed by atoms with Crippen LogP contribution in [0.5, 0.6) is 0 Å². The SMILES string of the molecule is O=C(c1cc(-c2ccncc2)c(-c2ccc3c(c2)CCC3=NO)o1)N1CCN(Cc2ccc(Cl)cc2)CC1. The van der Waals surface area contributed by atoms with E-state index in [1.807, 2.05) is 59.5 Å². The Labute approximate surface area is 226 Å². The fourth-order valence-corrected chi connectivity index (χ4v) is 5.41. The molecule has 3 heterocycles. The molecule has 0 atom stereocenters. The van der Waals surface area contributed by atoms with Crippen LogP contribution in [0.15, 0.2) is 82.6 Å². The number of pyridine rings is 1. The van der Waals surface area contributed by atoms with Gasteiger partial charge in [0.1, 0.15) is 5.76 Å². The predicted octanol–water partition coefficient (Wildman–Crippen LogP) is 5.74. The van der Waals surface area contributed by atoms with Gasteiger partial charge in [-0.2, -0.15) is 0 Å². The highest BCUT2D eigenvalue weighted by atomic mass is 35.5. The summed E-state index contributed by atoms with van der Waals surface area (Å²) in [6.07, 6.45) is 4.98. The maximum atomic E-state index is 13.5. The van der Waals surface area contributed by atoms with Crippen LogP contribution in [0.3, 0.4) is 0 Å². The number of halogens is 1. The molecule has 38 heavy (non-hydrogen) atoms. The van der Waals surface area contributed by atoms with Crippen molar-refractivity contribution in [3.63, 3.8) is 0 Å². The Morgan fingerprint density at radius 1 is 0.921 bits per heavy atom. The summed E-state index contributed by atoms with van der Waals surface area (Å²) in [6, 6.07) is 19.6. The Hall–Kier alpha value is -3.94. The third-order valence-electron chi connectivity index (χ3n) is 7.34. The van der Waals surface area contributed by atoms with E-state index in [9.17, 15) is 10.0 Å². The van der Waals surface area contributed by atoms with Crippen molar-refractivity contribution in [2.45, 2.75) is 19.4 Å². The second-order valence-corrected chi connectivity index (χ2v) is 10.1. The zero-order valence-corrected chi connectivity index (χ0v) is 21.6. The van der Waals surface area contributed by atoms with Gasteiger partial charge in [0.05, 0.1) is 5.71 Å². The number of aryl methyl sites for hydroxylation is 1. The maximum Gasteiger partial charge on any atom is 0.289 e. The van der Waals surface area contributed by atoms with Gasteiger partial charge in [0.2, 0.25) is 0 Å². The number of amides is 1. The molecule has 0 saturated carbocycles. The van der Waals surface area contributed by atoms with Gasteiger partial charge >= 0.3 is 0 Å². The third kappa shape index (κ3) is 4.83. The number of hydrogen-bond acceptors (Lipinski definition) is 6. The molecule has 2 aromatic carbocycles. The molecular weight excluding hydrogens is 500 g/mol. The number of benzene rings is 2. The van der Waals surface area contributed by atoms with Gasteiger partial charge in [0, 0.05) is 66.8 Å². The van der Waals surface area contributed by atoms with Crippen LogP contribution in [-0.4, -0.2) is 57.8 Å². The van der Waals surface area contributed by atoms with E-state index in [0.717, 1.165) is 58.9 Å².